The number of anilines is 3. The standard InChI is InChI=1S/C17H18N8O2/c1-9-8-25-6-5-19-14(15(25)20-9)21-11-7-12(22-16(26)10-3-4-10)23-24-13(11)17(27)18-2/h5-8,10H,3-4H2,1-2H3,(H,18,27)(H2,19,21,22,23,26)/i2D3. The van der Waals surface area contributed by atoms with Crippen LogP contribution in [0.25, 0.3) is 5.65 Å². The van der Waals surface area contributed by atoms with Crippen LogP contribution < -0.4 is 16.0 Å². The molecule has 3 N–H and O–H groups in total. The van der Waals surface area contributed by atoms with Gasteiger partial charge in [-0.15, -0.1) is 10.2 Å². The smallest absolute Gasteiger partial charge is 0.273 e. The molecular weight excluding hydrogens is 348 g/mol. The monoisotopic (exact) mass is 369 g/mol. The average molecular weight is 369 g/mol. The Morgan fingerprint density at radius 2 is 2.19 bits per heavy atom. The first-order valence-electron chi connectivity index (χ1n) is 9.78. The number of nitrogens with one attached hydrogen (secondary N) is 3. The largest absolute Gasteiger partial charge is 0.354 e. The van der Waals surface area contributed by atoms with E-state index in [1.54, 1.807) is 23.0 Å². The van der Waals surface area contributed by atoms with Gasteiger partial charge >= 0.3 is 0 Å². The van der Waals surface area contributed by atoms with Gasteiger partial charge in [-0.25, -0.2) is 9.97 Å². The predicted octanol–water partition coefficient (Wildman–Crippen LogP) is 1.28. The molecule has 138 valence electrons. The van der Waals surface area contributed by atoms with Crippen molar-refractivity contribution in [3.05, 3.63) is 36.0 Å². The number of hydrogen-bond donors (Lipinski definition) is 3. The lowest BCUT2D eigenvalue weighted by Gasteiger charge is -2.12. The van der Waals surface area contributed by atoms with Crippen LogP contribution in [0.5, 0.6) is 0 Å². The van der Waals surface area contributed by atoms with E-state index in [0.29, 0.717) is 11.5 Å². The van der Waals surface area contributed by atoms with Crippen LogP contribution in [0.1, 0.15) is 33.1 Å². The zero-order valence-corrected chi connectivity index (χ0v) is 14.4. The van der Waals surface area contributed by atoms with E-state index in [-0.39, 0.29) is 29.0 Å². The summed E-state index contributed by atoms with van der Waals surface area (Å²) in [6.45, 7) is -0.876. The first kappa shape index (κ1) is 13.6. The molecule has 4 rings (SSSR count). The van der Waals surface area contributed by atoms with Gasteiger partial charge in [0.2, 0.25) is 5.91 Å². The Bertz CT molecular complexity index is 1140. The molecule has 0 bridgehead atoms. The summed E-state index contributed by atoms with van der Waals surface area (Å²) < 4.78 is 23.5. The average Bonchev–Trinajstić information content (AvgIpc) is 3.42. The highest BCUT2D eigenvalue weighted by atomic mass is 16.2. The van der Waals surface area contributed by atoms with Crippen molar-refractivity contribution in [3.63, 3.8) is 0 Å². The molecule has 0 aliphatic heterocycles. The molecule has 0 unspecified atom stereocenters. The molecule has 1 aliphatic carbocycles. The van der Waals surface area contributed by atoms with E-state index in [1.807, 2.05) is 12.2 Å². The van der Waals surface area contributed by atoms with Crippen molar-refractivity contribution in [1.82, 2.24) is 29.9 Å². The highest BCUT2D eigenvalue weighted by Crippen LogP contribution is 2.30. The van der Waals surface area contributed by atoms with Crippen LogP contribution in [0.3, 0.4) is 0 Å². The number of imidazole rings is 1. The van der Waals surface area contributed by atoms with Crippen LogP contribution in [0, 0.1) is 12.8 Å². The second-order valence-corrected chi connectivity index (χ2v) is 6.22. The summed E-state index contributed by atoms with van der Waals surface area (Å²) in [6.07, 6.45) is 6.69. The van der Waals surface area contributed by atoms with E-state index in [2.05, 4.69) is 30.8 Å². The molecule has 0 radical (unpaired) electrons. The fourth-order valence-corrected chi connectivity index (χ4v) is 2.61. The quantitative estimate of drug-likeness (QED) is 0.618. The number of fused-ring (bicyclic) bond motifs is 1. The predicted molar refractivity (Wildman–Crippen MR) is 97.8 cm³/mol. The number of amides is 2. The molecule has 3 aromatic heterocycles. The second kappa shape index (κ2) is 6.63. The van der Waals surface area contributed by atoms with Gasteiger partial charge < -0.3 is 20.4 Å². The van der Waals surface area contributed by atoms with E-state index in [0.717, 1.165) is 18.5 Å². The van der Waals surface area contributed by atoms with Crippen LogP contribution in [-0.2, 0) is 4.79 Å². The SMILES string of the molecule is [2H]C([2H])([2H])NC(=O)c1nnc(NC(=O)C2CC2)cc1Nc1nccn2cc(C)nc12. The van der Waals surface area contributed by atoms with Gasteiger partial charge in [0.15, 0.2) is 23.0 Å². The summed E-state index contributed by atoms with van der Waals surface area (Å²) in [5, 5.41) is 15.2. The van der Waals surface area contributed by atoms with Crippen molar-refractivity contribution in [3.8, 4) is 0 Å². The number of carbonyl (C=O) groups is 2. The Morgan fingerprint density at radius 1 is 1.33 bits per heavy atom. The molecular formula is C17H18N8O2. The molecule has 27 heavy (non-hydrogen) atoms. The lowest BCUT2D eigenvalue weighted by atomic mass is 10.3. The maximum Gasteiger partial charge on any atom is 0.273 e. The zero-order valence-electron chi connectivity index (χ0n) is 17.4. The van der Waals surface area contributed by atoms with Gasteiger partial charge in [0, 0.05) is 41.7 Å². The minimum absolute atomic E-state index is 0.0509. The highest BCUT2D eigenvalue weighted by molar-refractivity contribution is 5.99. The van der Waals surface area contributed by atoms with E-state index in [1.165, 1.54) is 6.07 Å². The minimum Gasteiger partial charge on any atom is -0.354 e. The van der Waals surface area contributed by atoms with Crippen LogP contribution in [0.4, 0.5) is 17.3 Å². The fraction of sp³-hybridized carbons (Fsp3) is 0.294. The minimum atomic E-state index is -2.70. The van der Waals surface area contributed by atoms with Crippen LogP contribution in [0.2, 0.25) is 0 Å². The normalized spacial score (nSPS) is 15.5. The number of hydrogen-bond acceptors (Lipinski definition) is 7. The molecule has 0 saturated heterocycles. The first-order chi connectivity index (χ1) is 14.2. The lowest BCUT2D eigenvalue weighted by Crippen LogP contribution is -2.22. The number of nitrogens with zero attached hydrogens (tertiary/aromatic N) is 5. The van der Waals surface area contributed by atoms with Crippen LogP contribution in [-0.4, -0.2) is 43.4 Å². The van der Waals surface area contributed by atoms with Gasteiger partial charge in [-0.3, -0.25) is 9.59 Å². The molecule has 0 atom stereocenters. The highest BCUT2D eigenvalue weighted by Gasteiger charge is 2.30. The molecule has 3 aromatic rings. The Hall–Kier alpha value is -3.56. The summed E-state index contributed by atoms with van der Waals surface area (Å²) in [4.78, 5) is 33.1. The first-order valence-corrected chi connectivity index (χ1v) is 8.28. The fourth-order valence-electron chi connectivity index (χ4n) is 2.61. The van der Waals surface area contributed by atoms with Gasteiger partial charge in [-0.05, 0) is 19.8 Å². The van der Waals surface area contributed by atoms with E-state index >= 15 is 0 Å². The van der Waals surface area contributed by atoms with Gasteiger partial charge in [0.1, 0.15) is 0 Å². The maximum absolute atomic E-state index is 12.4. The summed E-state index contributed by atoms with van der Waals surface area (Å²) in [6, 6.07) is 1.41. The third-order valence-corrected chi connectivity index (χ3v) is 4.07. The van der Waals surface area contributed by atoms with E-state index in [9.17, 15) is 9.59 Å². The molecule has 1 saturated carbocycles. The summed E-state index contributed by atoms with van der Waals surface area (Å²) in [7, 11) is 0. The number of carbonyl (C=O) groups excluding carboxylic acids is 2. The Morgan fingerprint density at radius 3 is 2.96 bits per heavy atom. The molecule has 1 aliphatic rings. The van der Waals surface area contributed by atoms with Crippen molar-refractivity contribution in [2.75, 3.05) is 17.6 Å². The molecule has 0 aromatic carbocycles. The molecule has 0 spiro atoms. The van der Waals surface area contributed by atoms with E-state index in [4.69, 9.17) is 4.11 Å². The van der Waals surface area contributed by atoms with Gasteiger partial charge in [-0.2, -0.15) is 0 Å². The third-order valence-electron chi connectivity index (χ3n) is 4.07. The molecule has 3 heterocycles. The Balaban J connectivity index is 1.71. The van der Waals surface area contributed by atoms with Crippen molar-refractivity contribution in [2.45, 2.75) is 19.8 Å². The summed E-state index contributed by atoms with van der Waals surface area (Å²) in [5.41, 5.74) is 1.12. The van der Waals surface area contributed by atoms with E-state index < -0.39 is 12.9 Å². The molecule has 2 amide bonds. The molecule has 1 fully saturated rings. The third kappa shape index (κ3) is 3.41. The zero-order chi connectivity index (χ0) is 21.5. The van der Waals surface area contributed by atoms with Gasteiger partial charge in [0.05, 0.1) is 11.4 Å². The molecule has 10 nitrogen and oxygen atoms in total. The van der Waals surface area contributed by atoms with Crippen molar-refractivity contribution >= 4 is 34.8 Å². The Kier molecular flexibility index (Phi) is 3.34. The van der Waals surface area contributed by atoms with Crippen LogP contribution >= 0.6 is 0 Å². The van der Waals surface area contributed by atoms with Crippen molar-refractivity contribution in [2.24, 2.45) is 5.92 Å². The van der Waals surface area contributed by atoms with Crippen molar-refractivity contribution in [1.29, 1.82) is 0 Å². The Labute approximate surface area is 158 Å². The number of aromatic nitrogens is 5. The van der Waals surface area contributed by atoms with Crippen LogP contribution in [0.15, 0.2) is 24.7 Å². The lowest BCUT2D eigenvalue weighted by molar-refractivity contribution is -0.117. The second-order valence-electron chi connectivity index (χ2n) is 6.22. The van der Waals surface area contributed by atoms with Gasteiger partial charge in [-0.1, -0.05) is 0 Å². The van der Waals surface area contributed by atoms with Crippen molar-refractivity contribution < 1.29 is 13.7 Å². The topological polar surface area (TPSA) is 126 Å². The molecule has 10 heteroatoms. The summed E-state index contributed by atoms with van der Waals surface area (Å²) >= 11 is 0. The van der Waals surface area contributed by atoms with Gasteiger partial charge in [0.25, 0.3) is 5.91 Å². The summed E-state index contributed by atoms with van der Waals surface area (Å²) in [5.74, 6) is -0.729. The maximum atomic E-state index is 12.4. The number of aryl methyl sites for hydroxylation is 1. The number of rotatable bonds is 5.